The Hall–Kier alpha value is -1.79. The molecule has 0 spiro atoms. The maximum Gasteiger partial charge on any atom is 0.241 e. The van der Waals surface area contributed by atoms with E-state index in [1.807, 2.05) is 0 Å². The molecule has 0 saturated carbocycles. The topological polar surface area (TPSA) is 133 Å². The summed E-state index contributed by atoms with van der Waals surface area (Å²) in [4.78, 5) is 3.52. The lowest BCUT2D eigenvalue weighted by Crippen LogP contribution is -2.23. The Kier molecular flexibility index (Phi) is 1.18. The van der Waals surface area contributed by atoms with Crippen LogP contribution < -0.4 is 17.2 Å². The highest BCUT2D eigenvalue weighted by atomic mass is 15.4. The summed E-state index contributed by atoms with van der Waals surface area (Å²) >= 11 is 0. The summed E-state index contributed by atoms with van der Waals surface area (Å²) in [6.45, 7) is 0. The standard InChI is InChI=1S/C3H7N7/c4-1(5)10-3(7)8-2(6)9-10/h(H3,4,5)(H4,6,7,8,9). The van der Waals surface area contributed by atoms with E-state index in [4.69, 9.17) is 22.6 Å². The van der Waals surface area contributed by atoms with Crippen LogP contribution in [-0.2, 0) is 0 Å². The summed E-state index contributed by atoms with van der Waals surface area (Å²) in [6.07, 6.45) is 0. The number of aromatic nitrogens is 3. The largest absolute Gasteiger partial charge is 0.368 e. The van der Waals surface area contributed by atoms with Crippen molar-refractivity contribution in [3.63, 3.8) is 0 Å². The van der Waals surface area contributed by atoms with Crippen LogP contribution in [0.15, 0.2) is 0 Å². The fourth-order valence-corrected chi connectivity index (χ4v) is 0.518. The van der Waals surface area contributed by atoms with E-state index in [1.54, 1.807) is 0 Å². The molecule has 0 aliphatic heterocycles. The molecule has 7 N–H and O–H groups in total. The quantitative estimate of drug-likeness (QED) is 0.249. The molecule has 0 saturated heterocycles. The highest BCUT2D eigenvalue weighted by molar-refractivity contribution is 5.78. The maximum absolute atomic E-state index is 6.89. The molecule has 0 aliphatic rings. The van der Waals surface area contributed by atoms with Gasteiger partial charge < -0.3 is 17.2 Å². The van der Waals surface area contributed by atoms with Crippen LogP contribution in [0.25, 0.3) is 0 Å². The van der Waals surface area contributed by atoms with Crippen LogP contribution >= 0.6 is 0 Å². The Balaban J connectivity index is 3.15. The lowest BCUT2D eigenvalue weighted by Gasteiger charge is -1.94. The molecule has 0 atom stereocenters. The summed E-state index contributed by atoms with van der Waals surface area (Å²) in [7, 11) is 0. The van der Waals surface area contributed by atoms with Crippen molar-refractivity contribution >= 4 is 17.9 Å². The van der Waals surface area contributed by atoms with Crippen LogP contribution in [0.2, 0.25) is 0 Å². The smallest absolute Gasteiger partial charge is 0.241 e. The van der Waals surface area contributed by atoms with Gasteiger partial charge in [0.05, 0.1) is 0 Å². The number of anilines is 2. The number of hydrogen-bond acceptors (Lipinski definition) is 5. The van der Waals surface area contributed by atoms with Crippen molar-refractivity contribution in [2.45, 2.75) is 0 Å². The normalized spacial score (nSPS) is 9.60. The lowest BCUT2D eigenvalue weighted by molar-refractivity contribution is 0.926. The molecule has 1 rings (SSSR count). The number of nitrogens with one attached hydrogen (secondary N) is 1. The van der Waals surface area contributed by atoms with Gasteiger partial charge in [-0.3, -0.25) is 5.41 Å². The fraction of sp³-hybridized carbons (Fsp3) is 0. The first kappa shape index (κ1) is 6.33. The summed E-state index contributed by atoms with van der Waals surface area (Å²) in [5, 5.41) is 10.4. The predicted molar refractivity (Wildman–Crippen MR) is 36.2 cm³/mol. The number of hydrogen-bond donors (Lipinski definition) is 4. The van der Waals surface area contributed by atoms with Gasteiger partial charge in [0.1, 0.15) is 0 Å². The monoisotopic (exact) mass is 141 g/mol. The summed E-state index contributed by atoms with van der Waals surface area (Å²) in [5.41, 5.74) is 15.4. The third kappa shape index (κ3) is 0.835. The highest BCUT2D eigenvalue weighted by Crippen LogP contribution is 1.97. The van der Waals surface area contributed by atoms with Gasteiger partial charge in [0, 0.05) is 0 Å². The second-order valence-corrected chi connectivity index (χ2v) is 1.63. The van der Waals surface area contributed by atoms with Gasteiger partial charge in [0.25, 0.3) is 0 Å². The molecule has 0 fully saturated rings. The molecule has 0 unspecified atom stereocenters. The molecule has 1 heterocycles. The van der Waals surface area contributed by atoms with Gasteiger partial charge in [-0.1, -0.05) is 0 Å². The van der Waals surface area contributed by atoms with Gasteiger partial charge in [-0.25, -0.2) is 0 Å². The first-order valence-corrected chi connectivity index (χ1v) is 2.43. The van der Waals surface area contributed by atoms with Gasteiger partial charge >= 0.3 is 0 Å². The van der Waals surface area contributed by atoms with Crippen molar-refractivity contribution in [2.24, 2.45) is 5.73 Å². The van der Waals surface area contributed by atoms with E-state index in [-0.39, 0.29) is 17.9 Å². The second-order valence-electron chi connectivity index (χ2n) is 1.63. The molecule has 7 heteroatoms. The van der Waals surface area contributed by atoms with Crippen LogP contribution in [0.3, 0.4) is 0 Å². The molecule has 0 aliphatic carbocycles. The van der Waals surface area contributed by atoms with E-state index >= 15 is 0 Å². The zero-order valence-corrected chi connectivity index (χ0v) is 5.07. The molecule has 54 valence electrons. The molecular weight excluding hydrogens is 134 g/mol. The molecular formula is C3H7N7. The van der Waals surface area contributed by atoms with Gasteiger partial charge in [-0.15, -0.1) is 5.10 Å². The summed E-state index contributed by atoms with van der Waals surface area (Å²) < 4.78 is 0.940. The molecule has 1 aromatic heterocycles. The Morgan fingerprint density at radius 2 is 2.10 bits per heavy atom. The fourth-order valence-electron chi connectivity index (χ4n) is 0.518. The maximum atomic E-state index is 6.89. The molecule has 0 radical (unpaired) electrons. The van der Waals surface area contributed by atoms with Crippen LogP contribution in [0.1, 0.15) is 0 Å². The Labute approximate surface area is 56.3 Å². The van der Waals surface area contributed by atoms with E-state index in [2.05, 4.69) is 10.1 Å². The minimum atomic E-state index is -0.304. The van der Waals surface area contributed by atoms with Gasteiger partial charge in [-0.2, -0.15) is 9.67 Å². The van der Waals surface area contributed by atoms with Crippen LogP contribution in [0.5, 0.6) is 0 Å². The van der Waals surface area contributed by atoms with E-state index < -0.39 is 0 Å². The van der Waals surface area contributed by atoms with Crippen LogP contribution in [-0.4, -0.2) is 20.7 Å². The average Bonchev–Trinajstić information content (AvgIpc) is 2.10. The zero-order chi connectivity index (χ0) is 7.72. The Morgan fingerprint density at radius 3 is 2.30 bits per heavy atom. The SMILES string of the molecule is N=C(N)n1nc(N)nc1N. The van der Waals surface area contributed by atoms with Crippen molar-refractivity contribution in [1.29, 1.82) is 5.41 Å². The van der Waals surface area contributed by atoms with Crippen molar-refractivity contribution in [2.75, 3.05) is 11.5 Å². The summed E-state index contributed by atoms with van der Waals surface area (Å²) in [6, 6.07) is 0. The molecule has 1 aromatic rings. The minimum Gasteiger partial charge on any atom is -0.368 e. The van der Waals surface area contributed by atoms with E-state index in [1.165, 1.54) is 0 Å². The van der Waals surface area contributed by atoms with E-state index in [0.29, 0.717) is 0 Å². The van der Waals surface area contributed by atoms with Crippen molar-refractivity contribution in [1.82, 2.24) is 14.8 Å². The van der Waals surface area contributed by atoms with Gasteiger partial charge in [-0.05, 0) is 0 Å². The average molecular weight is 141 g/mol. The van der Waals surface area contributed by atoms with Gasteiger partial charge in [0.15, 0.2) is 0 Å². The van der Waals surface area contributed by atoms with Gasteiger partial charge in [0.2, 0.25) is 17.9 Å². The Bertz CT molecular complexity index is 260. The predicted octanol–water partition coefficient (Wildman–Crippen LogP) is -1.82. The van der Waals surface area contributed by atoms with Crippen LogP contribution in [0.4, 0.5) is 11.9 Å². The Morgan fingerprint density at radius 1 is 1.50 bits per heavy atom. The molecule has 7 nitrogen and oxygen atoms in total. The number of nitrogen functional groups attached to an aromatic ring is 3. The minimum absolute atomic E-state index is 0.00713. The molecule has 10 heavy (non-hydrogen) atoms. The lowest BCUT2D eigenvalue weighted by atomic mass is 10.9. The number of rotatable bonds is 0. The molecule has 0 amide bonds. The van der Waals surface area contributed by atoms with E-state index in [9.17, 15) is 0 Å². The van der Waals surface area contributed by atoms with Crippen molar-refractivity contribution in [3.05, 3.63) is 0 Å². The van der Waals surface area contributed by atoms with E-state index in [0.717, 1.165) is 4.68 Å². The molecule has 0 aromatic carbocycles. The van der Waals surface area contributed by atoms with Crippen molar-refractivity contribution < 1.29 is 0 Å². The molecule has 0 bridgehead atoms. The highest BCUT2D eigenvalue weighted by Gasteiger charge is 2.04. The number of nitrogens with two attached hydrogens (primary N) is 3. The first-order valence-electron chi connectivity index (χ1n) is 2.43. The first-order chi connectivity index (χ1) is 4.61. The summed E-state index contributed by atoms with van der Waals surface area (Å²) in [5.74, 6) is -0.278. The van der Waals surface area contributed by atoms with Crippen LogP contribution in [0, 0.1) is 5.41 Å². The number of nitrogens with zero attached hydrogens (tertiary/aromatic N) is 3. The second kappa shape index (κ2) is 1.87. The third-order valence-electron chi connectivity index (χ3n) is 0.877. The third-order valence-corrected chi connectivity index (χ3v) is 0.877. The van der Waals surface area contributed by atoms with Crippen molar-refractivity contribution in [3.8, 4) is 0 Å². The zero-order valence-electron chi connectivity index (χ0n) is 5.07.